The van der Waals surface area contributed by atoms with Gasteiger partial charge in [0.15, 0.2) is 0 Å². The first kappa shape index (κ1) is 14.9. The zero-order chi connectivity index (χ0) is 16.4. The van der Waals surface area contributed by atoms with Crippen LogP contribution in [0.4, 0.5) is 8.78 Å². The van der Waals surface area contributed by atoms with Gasteiger partial charge in [-0.1, -0.05) is 6.07 Å². The molecule has 0 aliphatic carbocycles. The molecule has 0 N–H and O–H groups in total. The Kier molecular flexibility index (Phi) is 3.89. The molecule has 2 aromatic rings. The van der Waals surface area contributed by atoms with Crippen LogP contribution in [0.1, 0.15) is 15.9 Å². The van der Waals surface area contributed by atoms with Crippen LogP contribution in [-0.4, -0.2) is 35.0 Å². The Hall–Kier alpha value is -3.01. The molecule has 0 saturated carbocycles. The molecule has 1 aromatic heterocycles. The molecule has 1 aliphatic rings. The summed E-state index contributed by atoms with van der Waals surface area (Å²) in [7, 11) is 0. The maximum Gasteiger partial charge on any atom is 0.260 e. The van der Waals surface area contributed by atoms with E-state index in [1.165, 1.54) is 17.2 Å². The van der Waals surface area contributed by atoms with Crippen LogP contribution in [0, 0.1) is 23.0 Å². The first-order valence-electron chi connectivity index (χ1n) is 6.84. The van der Waals surface area contributed by atoms with Gasteiger partial charge in [-0.25, -0.2) is 13.8 Å². The van der Waals surface area contributed by atoms with Crippen LogP contribution >= 0.6 is 0 Å². The number of rotatable bonds is 3. The number of aromatic nitrogens is 1. The van der Waals surface area contributed by atoms with Gasteiger partial charge in [-0.2, -0.15) is 5.26 Å². The van der Waals surface area contributed by atoms with Crippen LogP contribution in [0.25, 0.3) is 0 Å². The van der Waals surface area contributed by atoms with Crippen molar-refractivity contribution >= 4 is 5.91 Å². The summed E-state index contributed by atoms with van der Waals surface area (Å²) in [5, 5.41) is 8.68. The Labute approximate surface area is 130 Å². The highest BCUT2D eigenvalue weighted by Gasteiger charge is 2.35. The van der Waals surface area contributed by atoms with Gasteiger partial charge < -0.3 is 9.64 Å². The molecule has 116 valence electrons. The van der Waals surface area contributed by atoms with Crippen LogP contribution in [0.5, 0.6) is 5.88 Å². The van der Waals surface area contributed by atoms with Crippen molar-refractivity contribution in [1.82, 2.24) is 9.88 Å². The van der Waals surface area contributed by atoms with Gasteiger partial charge in [-0.3, -0.25) is 4.79 Å². The fourth-order valence-corrected chi connectivity index (χ4v) is 2.23. The third-order valence-electron chi connectivity index (χ3n) is 3.46. The van der Waals surface area contributed by atoms with E-state index in [4.69, 9.17) is 10.00 Å². The first-order chi connectivity index (χ1) is 11.1. The molecule has 0 spiro atoms. The number of likely N-dealkylation sites (tertiary alicyclic amines) is 1. The van der Waals surface area contributed by atoms with Gasteiger partial charge in [-0.05, 0) is 18.2 Å². The molecule has 1 fully saturated rings. The summed E-state index contributed by atoms with van der Waals surface area (Å²) in [5.74, 6) is -2.13. The van der Waals surface area contributed by atoms with E-state index in [1.54, 1.807) is 12.1 Å². The molecule has 1 aliphatic heterocycles. The Morgan fingerprint density at radius 2 is 1.96 bits per heavy atom. The van der Waals surface area contributed by atoms with Gasteiger partial charge in [0.2, 0.25) is 5.88 Å². The third-order valence-corrected chi connectivity index (χ3v) is 3.46. The Morgan fingerprint density at radius 3 is 2.52 bits per heavy atom. The molecule has 7 heteroatoms. The van der Waals surface area contributed by atoms with Crippen molar-refractivity contribution < 1.29 is 18.3 Å². The minimum absolute atomic E-state index is 0.217. The van der Waals surface area contributed by atoms with Gasteiger partial charge in [-0.15, -0.1) is 0 Å². The smallest absolute Gasteiger partial charge is 0.260 e. The number of carbonyl (C=O) groups is 1. The third kappa shape index (κ3) is 2.97. The highest BCUT2D eigenvalue weighted by Crippen LogP contribution is 2.21. The van der Waals surface area contributed by atoms with Gasteiger partial charge in [0.1, 0.15) is 29.4 Å². The fraction of sp³-hybridized carbons (Fsp3) is 0.188. The monoisotopic (exact) mass is 315 g/mol. The molecule has 5 nitrogen and oxygen atoms in total. The predicted octanol–water partition coefficient (Wildman–Crippen LogP) is 2.13. The van der Waals surface area contributed by atoms with Gasteiger partial charge >= 0.3 is 0 Å². The number of hydrogen-bond donors (Lipinski definition) is 0. The minimum atomic E-state index is -0.881. The average molecular weight is 315 g/mol. The van der Waals surface area contributed by atoms with Crippen molar-refractivity contribution in [3.05, 3.63) is 59.3 Å². The number of carbonyl (C=O) groups excluding carboxylic acids is 1. The van der Waals surface area contributed by atoms with Crippen molar-refractivity contribution in [3.63, 3.8) is 0 Å². The minimum Gasteiger partial charge on any atom is -0.471 e. The Morgan fingerprint density at radius 1 is 1.26 bits per heavy atom. The van der Waals surface area contributed by atoms with Gasteiger partial charge in [0, 0.05) is 12.3 Å². The molecular formula is C16H11F2N3O2. The second-order valence-corrected chi connectivity index (χ2v) is 5.04. The number of nitrogens with zero attached hydrogens (tertiary/aromatic N) is 3. The number of benzene rings is 1. The molecule has 23 heavy (non-hydrogen) atoms. The van der Waals surface area contributed by atoms with Crippen molar-refractivity contribution in [2.45, 2.75) is 6.10 Å². The molecule has 0 bridgehead atoms. The lowest BCUT2D eigenvalue weighted by molar-refractivity contribution is 0.0153. The molecule has 1 aromatic carbocycles. The summed E-state index contributed by atoms with van der Waals surface area (Å²) in [6, 6.07) is 8.37. The molecule has 1 amide bonds. The van der Waals surface area contributed by atoms with Gasteiger partial charge in [0.05, 0.1) is 18.7 Å². The lowest BCUT2D eigenvalue weighted by atomic mass is 10.1. The summed E-state index contributed by atoms with van der Waals surface area (Å²) in [4.78, 5) is 17.3. The summed E-state index contributed by atoms with van der Waals surface area (Å²) in [6.07, 6.45) is 1.08. The quantitative estimate of drug-likeness (QED) is 0.870. The Bertz CT molecular complexity index is 761. The largest absolute Gasteiger partial charge is 0.471 e. The van der Waals surface area contributed by atoms with Crippen LogP contribution < -0.4 is 4.74 Å². The predicted molar refractivity (Wildman–Crippen MR) is 75.6 cm³/mol. The summed E-state index contributed by atoms with van der Waals surface area (Å²) in [6.45, 7) is 0.433. The number of halogens is 2. The van der Waals surface area contributed by atoms with E-state index in [9.17, 15) is 13.6 Å². The lowest BCUT2D eigenvalue weighted by Gasteiger charge is -2.38. The molecule has 0 radical (unpaired) electrons. The SMILES string of the molecule is N#Cc1ccc(OC2CN(C(=O)c3c(F)cccc3F)C2)nc1. The molecule has 1 saturated heterocycles. The lowest BCUT2D eigenvalue weighted by Crippen LogP contribution is -2.56. The standard InChI is InChI=1S/C16H11F2N3O2/c17-12-2-1-3-13(18)15(12)16(22)21-8-11(9-21)23-14-5-4-10(6-19)7-20-14/h1-5,7,11H,8-9H2. The van der Waals surface area contributed by atoms with Crippen LogP contribution in [-0.2, 0) is 0 Å². The summed E-state index contributed by atoms with van der Waals surface area (Å²) >= 11 is 0. The number of hydrogen-bond acceptors (Lipinski definition) is 4. The van der Waals surface area contributed by atoms with Crippen LogP contribution in [0.15, 0.2) is 36.5 Å². The van der Waals surface area contributed by atoms with Crippen LogP contribution in [0.2, 0.25) is 0 Å². The van der Waals surface area contributed by atoms with E-state index < -0.39 is 23.1 Å². The molecule has 0 atom stereocenters. The zero-order valence-electron chi connectivity index (χ0n) is 11.9. The van der Waals surface area contributed by atoms with E-state index in [-0.39, 0.29) is 19.2 Å². The highest BCUT2D eigenvalue weighted by atomic mass is 19.1. The van der Waals surface area contributed by atoms with E-state index in [1.807, 2.05) is 6.07 Å². The summed E-state index contributed by atoms with van der Waals surface area (Å²) < 4.78 is 32.7. The maximum atomic E-state index is 13.6. The second kappa shape index (κ2) is 6.01. The zero-order valence-corrected chi connectivity index (χ0v) is 11.9. The molecule has 2 heterocycles. The van der Waals surface area contributed by atoms with Crippen molar-refractivity contribution in [2.24, 2.45) is 0 Å². The molecule has 3 rings (SSSR count). The topological polar surface area (TPSA) is 66.2 Å². The van der Waals surface area contributed by atoms with E-state index in [0.29, 0.717) is 11.4 Å². The fourth-order valence-electron chi connectivity index (χ4n) is 2.23. The maximum absolute atomic E-state index is 13.6. The number of amides is 1. The average Bonchev–Trinajstić information content (AvgIpc) is 2.50. The van der Waals surface area contributed by atoms with Crippen LogP contribution in [0.3, 0.4) is 0 Å². The number of ether oxygens (including phenoxy) is 1. The Balaban J connectivity index is 1.60. The second-order valence-electron chi connectivity index (χ2n) is 5.04. The van der Waals surface area contributed by atoms with Gasteiger partial charge in [0.25, 0.3) is 5.91 Å². The normalized spacial score (nSPS) is 14.0. The van der Waals surface area contributed by atoms with E-state index >= 15 is 0 Å². The van der Waals surface area contributed by atoms with E-state index in [0.717, 1.165) is 12.1 Å². The van der Waals surface area contributed by atoms with Crippen molar-refractivity contribution in [1.29, 1.82) is 5.26 Å². The van der Waals surface area contributed by atoms with Crippen molar-refractivity contribution in [2.75, 3.05) is 13.1 Å². The number of pyridine rings is 1. The number of nitriles is 1. The summed E-state index contributed by atoms with van der Waals surface area (Å²) in [5.41, 5.74) is -0.139. The van der Waals surface area contributed by atoms with E-state index in [2.05, 4.69) is 4.98 Å². The highest BCUT2D eigenvalue weighted by molar-refractivity contribution is 5.95. The molecular weight excluding hydrogens is 304 g/mol. The molecule has 0 unspecified atom stereocenters. The van der Waals surface area contributed by atoms with Crippen molar-refractivity contribution in [3.8, 4) is 11.9 Å². The first-order valence-corrected chi connectivity index (χ1v) is 6.84.